The lowest BCUT2D eigenvalue weighted by Crippen LogP contribution is -2.65. The van der Waals surface area contributed by atoms with Gasteiger partial charge in [0.1, 0.15) is 33.7 Å². The van der Waals surface area contributed by atoms with Crippen LogP contribution >= 0.6 is 0 Å². The highest BCUT2D eigenvalue weighted by Crippen LogP contribution is 2.52. The Morgan fingerprint density at radius 3 is 0.963 bits per heavy atom. The summed E-state index contributed by atoms with van der Waals surface area (Å²) < 4.78 is 81.0. The van der Waals surface area contributed by atoms with Crippen molar-refractivity contribution in [3.05, 3.63) is 141 Å². The molecule has 3 spiro atoms. The summed E-state index contributed by atoms with van der Waals surface area (Å²) in [7, 11) is 0. The molecule has 0 N–H and O–H groups in total. The number of likely N-dealkylation sites (tertiary alicyclic amines) is 3. The van der Waals surface area contributed by atoms with Crippen LogP contribution in [-0.4, -0.2) is 155 Å². The first kappa shape index (κ1) is 78.5. The fraction of sp³-hybridized carbons (Fsp3) is 0.585. The minimum Gasteiger partial charge on any atom is -0.447 e. The first-order chi connectivity index (χ1) is 50.8. The number of carbonyl (C=O) groups excluding carboxylic acids is 7. The Kier molecular flexibility index (Phi) is 22.1. The van der Waals surface area contributed by atoms with Crippen LogP contribution in [0.5, 0.6) is 0 Å². The van der Waals surface area contributed by atoms with Gasteiger partial charge in [0, 0.05) is 91.2 Å². The van der Waals surface area contributed by atoms with Crippen LogP contribution in [0.3, 0.4) is 0 Å². The van der Waals surface area contributed by atoms with Gasteiger partial charge in [-0.3, -0.25) is 19.2 Å². The lowest BCUT2D eigenvalue weighted by molar-refractivity contribution is -0.129. The van der Waals surface area contributed by atoms with Gasteiger partial charge in [-0.25, -0.2) is 46.9 Å². The summed E-state index contributed by atoms with van der Waals surface area (Å²) in [6.45, 7) is 22.3. The minimum atomic E-state index is -2.89. The number of aromatic nitrogens is 6. The molecule has 22 nitrogen and oxygen atoms in total. The number of halogens is 4. The number of ether oxygens (including phenoxy) is 3. The van der Waals surface area contributed by atoms with Gasteiger partial charge in [0.05, 0.1) is 74.7 Å². The topological polar surface area (TPSA) is 220 Å². The maximum absolute atomic E-state index is 14.9. The predicted molar refractivity (Wildman–Crippen MR) is 400 cm³/mol. The van der Waals surface area contributed by atoms with E-state index in [1.54, 1.807) is 66.2 Å². The van der Waals surface area contributed by atoms with Crippen LogP contribution in [0.25, 0.3) is 0 Å². The van der Waals surface area contributed by atoms with Crippen LogP contribution in [0.15, 0.2) is 72.8 Å². The van der Waals surface area contributed by atoms with Crippen LogP contribution in [0, 0.1) is 17.8 Å². The van der Waals surface area contributed by atoms with Crippen LogP contribution in [0.4, 0.5) is 49.0 Å². The Labute approximate surface area is 630 Å². The van der Waals surface area contributed by atoms with Crippen molar-refractivity contribution in [2.24, 2.45) is 17.8 Å². The average Bonchev–Trinajstić information content (AvgIpc) is 1.55. The molecule has 108 heavy (non-hydrogen) atoms. The predicted octanol–water partition coefficient (Wildman–Crippen LogP) is 13.7. The van der Waals surface area contributed by atoms with Crippen LogP contribution in [-0.2, 0) is 127 Å². The number of para-hydroxylation sites is 3. The number of nitrogens with zero attached hydrogens (tertiary/aromatic N) is 12. The zero-order valence-electron chi connectivity index (χ0n) is 63.8. The molecule has 15 rings (SSSR count). The van der Waals surface area contributed by atoms with Gasteiger partial charge in [0.25, 0.3) is 11.8 Å². The minimum absolute atomic E-state index is 0. The molecule has 3 saturated heterocycles. The van der Waals surface area contributed by atoms with E-state index in [2.05, 4.69) is 4.57 Å². The molecule has 0 saturated carbocycles. The van der Waals surface area contributed by atoms with Crippen molar-refractivity contribution < 1.29 is 65.3 Å². The molecule has 26 heteroatoms. The van der Waals surface area contributed by atoms with Gasteiger partial charge in [0.2, 0.25) is 17.7 Å². The van der Waals surface area contributed by atoms with Gasteiger partial charge in [0.15, 0.2) is 5.78 Å². The monoisotopic (exact) mass is 1490 g/mol. The third-order valence-electron chi connectivity index (χ3n) is 22.9. The van der Waals surface area contributed by atoms with Gasteiger partial charge in [-0.1, -0.05) is 104 Å². The maximum atomic E-state index is 14.9. The molecule has 3 aliphatic carbocycles. The SMILES string of the molecule is C.CC(C)OC(=O)N1CC2(C1)C(=O)N(Cc1nc3c(n1CC(=O)C(C)C)CCCC3)c1ccccc12.CC(C)OC(=O)N1CC2(C1)C(=O)N(Cc1nc3c(n1CC(F)(F)C(C)C)CCCC3)c1ccccc12.CC(C)OC(=O)N1CC2(C1)C(=O)N(Cc1nc3c(n1CC(F)(F)C(C)C)CCCC3)c1ccccc12. The van der Waals surface area contributed by atoms with E-state index >= 15 is 0 Å². The number of aryl methyl sites for hydroxylation is 3. The summed E-state index contributed by atoms with van der Waals surface area (Å²) >= 11 is 0. The largest absolute Gasteiger partial charge is 0.447 e. The number of hydrogen-bond acceptors (Lipinski definition) is 13. The summed E-state index contributed by atoms with van der Waals surface area (Å²) in [6, 6.07) is 22.9. The van der Waals surface area contributed by atoms with Gasteiger partial charge in [-0.2, -0.15) is 0 Å². The zero-order chi connectivity index (χ0) is 76.6. The lowest BCUT2D eigenvalue weighted by atomic mass is 9.75. The molecule has 582 valence electrons. The molecule has 6 amide bonds. The second-order valence-electron chi connectivity index (χ2n) is 32.4. The molecule has 9 heterocycles. The standard InChI is InChI=1S/2C27H34F2N4O3.C27H34N4O4.CH4/c2*1-17(2)27(28,29)16-33-22-12-8-6-10-20(22)30-23(33)13-32-21-11-7-5-9-19(21)26(24(32)34)14-31(15-26)25(35)36-18(3)4;1-17(2)23(32)13-30-22-12-8-6-10-20(22)28-24(30)14-31-21-11-7-5-9-19(21)27(25(31)33)15-29(16-27)26(34)35-18(3)4;/h2*5,7,9,11,17-18H,6,8,10,12-16H2,1-4H3;5,7,9,11,17-18H,6,8,10,12-16H2,1-4H3;1H4. The Hall–Kier alpha value is -9.10. The second kappa shape index (κ2) is 30.4. The summed E-state index contributed by atoms with van der Waals surface area (Å²) in [5, 5.41) is 0. The number of Topliss-reactive ketones (excluding diaryl/α,β-unsaturated/α-hetero) is 1. The van der Waals surface area contributed by atoms with E-state index in [9.17, 15) is 51.1 Å². The molecule has 9 aliphatic rings. The molecule has 0 unspecified atom stereocenters. The van der Waals surface area contributed by atoms with Crippen LogP contribution in [0.1, 0.15) is 197 Å². The van der Waals surface area contributed by atoms with Crippen molar-refractivity contribution >= 4 is 58.8 Å². The lowest BCUT2D eigenvalue weighted by Gasteiger charge is -2.46. The maximum Gasteiger partial charge on any atom is 0.410 e. The van der Waals surface area contributed by atoms with E-state index < -0.39 is 65.2 Å². The zero-order valence-corrected chi connectivity index (χ0v) is 63.8. The molecule has 0 atom stereocenters. The summed E-state index contributed by atoms with van der Waals surface area (Å²) in [5.41, 5.74) is 8.28. The first-order valence-corrected chi connectivity index (χ1v) is 38.4. The highest BCUT2D eigenvalue weighted by molar-refractivity contribution is 6.11. The van der Waals surface area contributed by atoms with E-state index in [-0.39, 0.29) is 101 Å². The summed E-state index contributed by atoms with van der Waals surface area (Å²) in [6.07, 6.45) is 8.90. The van der Waals surface area contributed by atoms with E-state index in [1.165, 1.54) is 27.7 Å². The van der Waals surface area contributed by atoms with Gasteiger partial charge < -0.3 is 57.3 Å². The number of carbonyl (C=O) groups is 7. The molecule has 6 aromatic rings. The van der Waals surface area contributed by atoms with Crippen molar-refractivity contribution in [3.8, 4) is 0 Å². The summed E-state index contributed by atoms with van der Waals surface area (Å²) in [4.78, 5) is 116. The Balaban J connectivity index is 0.000000151. The van der Waals surface area contributed by atoms with Crippen LogP contribution in [0.2, 0.25) is 0 Å². The number of benzene rings is 3. The quantitative estimate of drug-likeness (QED) is 0.0578. The van der Waals surface area contributed by atoms with Crippen molar-refractivity contribution in [3.63, 3.8) is 0 Å². The third kappa shape index (κ3) is 14.4. The number of imidazole rings is 3. The van der Waals surface area contributed by atoms with E-state index in [4.69, 9.17) is 29.2 Å². The average molecular weight is 1500 g/mol. The van der Waals surface area contributed by atoms with Crippen LogP contribution < -0.4 is 14.7 Å². The Morgan fingerprint density at radius 1 is 0.417 bits per heavy atom. The van der Waals surface area contributed by atoms with E-state index in [0.29, 0.717) is 37.8 Å². The van der Waals surface area contributed by atoms with Gasteiger partial charge in [-0.15, -0.1) is 0 Å². The normalized spacial score (nSPS) is 18.3. The highest BCUT2D eigenvalue weighted by Gasteiger charge is 2.63. The molecule has 3 aromatic heterocycles. The third-order valence-corrected chi connectivity index (χ3v) is 22.9. The Morgan fingerprint density at radius 2 is 0.685 bits per heavy atom. The smallest absolute Gasteiger partial charge is 0.410 e. The van der Waals surface area contributed by atoms with Crippen molar-refractivity contribution in [1.82, 2.24) is 43.4 Å². The number of anilines is 3. The van der Waals surface area contributed by atoms with Gasteiger partial charge in [-0.05, 0) is 153 Å². The van der Waals surface area contributed by atoms with E-state index in [0.717, 1.165) is 151 Å². The van der Waals surface area contributed by atoms with Gasteiger partial charge >= 0.3 is 18.3 Å². The number of rotatable bonds is 18. The number of hydrogen-bond donors (Lipinski definition) is 0. The van der Waals surface area contributed by atoms with E-state index in [1.807, 2.05) is 100 Å². The molecular weight excluding hydrogens is 1390 g/mol. The number of alkyl halides is 4. The van der Waals surface area contributed by atoms with Crippen molar-refractivity contribution in [2.45, 2.75) is 253 Å². The fourth-order valence-corrected chi connectivity index (χ4v) is 16.7. The second-order valence-corrected chi connectivity index (χ2v) is 32.4. The molecular formula is C82H106F4N12O10. The number of fused-ring (bicyclic) bond motifs is 9. The van der Waals surface area contributed by atoms with Crippen molar-refractivity contribution in [1.29, 1.82) is 0 Å². The number of ketones is 1. The van der Waals surface area contributed by atoms with Crippen molar-refractivity contribution in [2.75, 3.05) is 54.0 Å². The Bertz CT molecular complexity index is 4240. The molecule has 3 fully saturated rings. The molecule has 3 aromatic carbocycles. The molecule has 0 bridgehead atoms. The number of amides is 6. The molecule has 6 aliphatic heterocycles. The first-order valence-electron chi connectivity index (χ1n) is 38.4. The molecule has 0 radical (unpaired) electrons. The fourth-order valence-electron chi connectivity index (χ4n) is 16.7. The highest BCUT2D eigenvalue weighted by atomic mass is 19.3. The summed E-state index contributed by atoms with van der Waals surface area (Å²) in [5.74, 6) is -5.80.